The van der Waals surface area contributed by atoms with Crippen LogP contribution in [0.1, 0.15) is 30.0 Å². The molecule has 5 heteroatoms. The number of H-pyrrole nitrogens is 1. The minimum absolute atomic E-state index is 0.446. The second-order valence-corrected chi connectivity index (χ2v) is 5.43. The van der Waals surface area contributed by atoms with Crippen molar-refractivity contribution in [1.29, 1.82) is 0 Å². The quantitative estimate of drug-likeness (QED) is 0.832. The summed E-state index contributed by atoms with van der Waals surface area (Å²) in [6.45, 7) is 0. The molecule has 2 N–H and O–H groups in total. The molecular formula is C13H11Cl2NO2. The molecule has 3 rings (SSSR count). The predicted molar refractivity (Wildman–Crippen MR) is 71.6 cm³/mol. The highest BCUT2D eigenvalue weighted by Crippen LogP contribution is 2.38. The highest BCUT2D eigenvalue weighted by molar-refractivity contribution is 6.42. The molecule has 94 valence electrons. The first kappa shape index (κ1) is 11.9. The van der Waals surface area contributed by atoms with Crippen LogP contribution in [0.4, 0.5) is 0 Å². The Morgan fingerprint density at radius 3 is 2.78 bits per heavy atom. The van der Waals surface area contributed by atoms with Crippen LogP contribution in [-0.4, -0.2) is 16.1 Å². The van der Waals surface area contributed by atoms with Gasteiger partial charge in [0, 0.05) is 16.6 Å². The fourth-order valence-corrected chi connectivity index (χ4v) is 3.03. The molecule has 0 aliphatic heterocycles. The lowest BCUT2D eigenvalue weighted by Crippen LogP contribution is -2.17. The van der Waals surface area contributed by atoms with Crippen molar-refractivity contribution in [1.82, 2.24) is 4.98 Å². The molecule has 0 fully saturated rings. The van der Waals surface area contributed by atoms with Gasteiger partial charge in [0.15, 0.2) is 0 Å². The molecule has 3 nitrogen and oxygen atoms in total. The van der Waals surface area contributed by atoms with Gasteiger partial charge in [0.05, 0.1) is 16.0 Å². The summed E-state index contributed by atoms with van der Waals surface area (Å²) < 4.78 is 0. The normalized spacial score (nSPS) is 18.9. The molecule has 18 heavy (non-hydrogen) atoms. The summed E-state index contributed by atoms with van der Waals surface area (Å²) in [5.41, 5.74) is 2.74. The lowest BCUT2D eigenvalue weighted by atomic mass is 9.87. The van der Waals surface area contributed by atoms with Gasteiger partial charge in [0.25, 0.3) is 0 Å². The summed E-state index contributed by atoms with van der Waals surface area (Å²) in [5.74, 6) is -1.22. The third kappa shape index (κ3) is 1.70. The summed E-state index contributed by atoms with van der Waals surface area (Å²) in [6.07, 6.45) is 2.45. The first-order valence-corrected chi connectivity index (χ1v) is 6.56. The molecule has 0 spiro atoms. The van der Waals surface area contributed by atoms with E-state index in [2.05, 4.69) is 4.98 Å². The number of rotatable bonds is 1. The van der Waals surface area contributed by atoms with Crippen molar-refractivity contribution >= 4 is 40.1 Å². The lowest BCUT2D eigenvalue weighted by molar-refractivity contribution is -0.139. The maximum absolute atomic E-state index is 11.3. The third-order valence-corrected chi connectivity index (χ3v) is 4.27. The van der Waals surface area contributed by atoms with Crippen molar-refractivity contribution in [3.63, 3.8) is 0 Å². The van der Waals surface area contributed by atoms with Crippen LogP contribution in [0.5, 0.6) is 0 Å². The van der Waals surface area contributed by atoms with E-state index >= 15 is 0 Å². The standard InChI is InChI=1S/C13H11Cl2NO2/c14-9-4-8-6-2-1-3-7(13(17)18)12(6)16-11(8)5-10(9)15/h4-5,7,16H,1-3H2,(H,17,18). The molecule has 0 radical (unpaired) electrons. The molecule has 1 aliphatic rings. The number of carboxylic acids is 1. The molecule has 1 atom stereocenters. The molecular weight excluding hydrogens is 273 g/mol. The zero-order chi connectivity index (χ0) is 12.9. The highest BCUT2D eigenvalue weighted by Gasteiger charge is 2.29. The van der Waals surface area contributed by atoms with Gasteiger partial charge in [-0.3, -0.25) is 4.79 Å². The summed E-state index contributed by atoms with van der Waals surface area (Å²) >= 11 is 12.0. The summed E-state index contributed by atoms with van der Waals surface area (Å²) in [7, 11) is 0. The van der Waals surface area contributed by atoms with Gasteiger partial charge in [-0.1, -0.05) is 23.2 Å². The van der Waals surface area contributed by atoms with E-state index in [0.29, 0.717) is 16.5 Å². The average molecular weight is 284 g/mol. The molecule has 2 aromatic rings. The number of hydrogen-bond donors (Lipinski definition) is 2. The molecule has 1 unspecified atom stereocenters. The number of hydrogen-bond acceptors (Lipinski definition) is 1. The van der Waals surface area contributed by atoms with Crippen LogP contribution in [0, 0.1) is 0 Å². The van der Waals surface area contributed by atoms with E-state index < -0.39 is 11.9 Å². The molecule has 1 heterocycles. The van der Waals surface area contributed by atoms with E-state index in [1.54, 1.807) is 6.07 Å². The third-order valence-electron chi connectivity index (χ3n) is 3.55. The molecule has 1 aromatic heterocycles. The average Bonchev–Trinajstić information content (AvgIpc) is 2.67. The second-order valence-electron chi connectivity index (χ2n) is 4.61. The van der Waals surface area contributed by atoms with Gasteiger partial charge in [-0.05, 0) is 37.0 Å². The summed E-state index contributed by atoms with van der Waals surface area (Å²) in [6, 6.07) is 3.58. The van der Waals surface area contributed by atoms with Crippen LogP contribution in [-0.2, 0) is 11.2 Å². The Morgan fingerprint density at radius 2 is 2.06 bits per heavy atom. The van der Waals surface area contributed by atoms with Crippen LogP contribution in [0.3, 0.4) is 0 Å². The smallest absolute Gasteiger partial charge is 0.312 e. The number of benzene rings is 1. The summed E-state index contributed by atoms with van der Waals surface area (Å²) in [4.78, 5) is 14.4. The molecule has 0 saturated heterocycles. The Bertz CT molecular complexity index is 648. The zero-order valence-corrected chi connectivity index (χ0v) is 11.0. The Kier molecular flexibility index (Phi) is 2.76. The number of aryl methyl sites for hydroxylation is 1. The first-order valence-electron chi connectivity index (χ1n) is 5.80. The minimum atomic E-state index is -0.778. The maximum Gasteiger partial charge on any atom is 0.312 e. The molecule has 0 bridgehead atoms. The fourth-order valence-electron chi connectivity index (χ4n) is 2.71. The Hall–Kier alpha value is -1.19. The van der Waals surface area contributed by atoms with Gasteiger partial charge in [-0.25, -0.2) is 0 Å². The number of carboxylic acid groups (broad SMARTS) is 1. The number of fused-ring (bicyclic) bond motifs is 3. The van der Waals surface area contributed by atoms with Crippen LogP contribution in [0.2, 0.25) is 10.0 Å². The Balaban J connectivity index is 2.27. The monoisotopic (exact) mass is 283 g/mol. The maximum atomic E-state index is 11.3. The Morgan fingerprint density at radius 1 is 1.33 bits per heavy atom. The lowest BCUT2D eigenvalue weighted by Gasteiger charge is -2.18. The molecule has 0 amide bonds. The van der Waals surface area contributed by atoms with Gasteiger partial charge < -0.3 is 10.1 Å². The first-order chi connectivity index (χ1) is 8.58. The summed E-state index contributed by atoms with van der Waals surface area (Å²) in [5, 5.41) is 11.2. The largest absolute Gasteiger partial charge is 0.481 e. The van der Waals surface area contributed by atoms with Gasteiger partial charge >= 0.3 is 5.97 Å². The second kappa shape index (κ2) is 4.18. The van der Waals surface area contributed by atoms with Crippen LogP contribution < -0.4 is 0 Å². The van der Waals surface area contributed by atoms with Crippen molar-refractivity contribution < 1.29 is 9.90 Å². The van der Waals surface area contributed by atoms with Gasteiger partial charge in [-0.15, -0.1) is 0 Å². The SMILES string of the molecule is O=C(O)C1CCCc2c1[nH]c1cc(Cl)c(Cl)cc21. The van der Waals surface area contributed by atoms with E-state index in [4.69, 9.17) is 23.2 Å². The Labute approximate surface area is 114 Å². The minimum Gasteiger partial charge on any atom is -0.481 e. The molecule has 1 aromatic carbocycles. The number of carbonyl (C=O) groups is 1. The van der Waals surface area contributed by atoms with Crippen molar-refractivity contribution in [2.45, 2.75) is 25.2 Å². The van der Waals surface area contributed by atoms with Crippen LogP contribution >= 0.6 is 23.2 Å². The van der Waals surface area contributed by atoms with Gasteiger partial charge in [-0.2, -0.15) is 0 Å². The molecule has 0 saturated carbocycles. The topological polar surface area (TPSA) is 53.1 Å². The van der Waals surface area contributed by atoms with Crippen molar-refractivity contribution in [3.05, 3.63) is 33.4 Å². The number of nitrogens with one attached hydrogen (secondary N) is 1. The number of aromatic amines is 1. The van der Waals surface area contributed by atoms with Crippen molar-refractivity contribution in [2.75, 3.05) is 0 Å². The van der Waals surface area contributed by atoms with Crippen LogP contribution in [0.25, 0.3) is 10.9 Å². The number of aromatic nitrogens is 1. The van der Waals surface area contributed by atoms with Crippen LogP contribution in [0.15, 0.2) is 12.1 Å². The predicted octanol–water partition coefficient (Wildman–Crippen LogP) is 3.98. The van der Waals surface area contributed by atoms with E-state index in [1.807, 2.05) is 6.07 Å². The van der Waals surface area contributed by atoms with E-state index in [-0.39, 0.29) is 0 Å². The van der Waals surface area contributed by atoms with E-state index in [1.165, 1.54) is 0 Å². The van der Waals surface area contributed by atoms with Gasteiger partial charge in [0.2, 0.25) is 0 Å². The molecule has 1 aliphatic carbocycles. The fraction of sp³-hybridized carbons (Fsp3) is 0.308. The number of halogens is 2. The van der Waals surface area contributed by atoms with E-state index in [9.17, 15) is 9.90 Å². The van der Waals surface area contributed by atoms with Crippen molar-refractivity contribution in [2.24, 2.45) is 0 Å². The zero-order valence-electron chi connectivity index (χ0n) is 9.46. The highest BCUT2D eigenvalue weighted by atomic mass is 35.5. The number of aliphatic carboxylic acids is 1. The van der Waals surface area contributed by atoms with Crippen molar-refractivity contribution in [3.8, 4) is 0 Å². The van der Waals surface area contributed by atoms with Gasteiger partial charge in [0.1, 0.15) is 0 Å². The van der Waals surface area contributed by atoms with E-state index in [0.717, 1.165) is 35.0 Å².